The van der Waals surface area contributed by atoms with Crippen LogP contribution in [0, 0.1) is 25.2 Å². The quantitative estimate of drug-likeness (QED) is 0.772. The van der Waals surface area contributed by atoms with Crippen LogP contribution >= 0.6 is 0 Å². The van der Waals surface area contributed by atoms with Crippen LogP contribution in [0.2, 0.25) is 0 Å². The number of hydrogen-bond acceptors (Lipinski definition) is 6. The Hall–Kier alpha value is -1.45. The van der Waals surface area contributed by atoms with Gasteiger partial charge in [-0.05, 0) is 58.0 Å². The highest BCUT2D eigenvalue weighted by Crippen LogP contribution is 2.29. The van der Waals surface area contributed by atoms with Crippen molar-refractivity contribution in [2.75, 3.05) is 32.7 Å². The highest BCUT2D eigenvalue weighted by atomic mass is 32.2. The first-order valence-corrected chi connectivity index (χ1v) is 11.1. The molecule has 2 N–H and O–H groups in total. The summed E-state index contributed by atoms with van der Waals surface area (Å²) in [7, 11) is -3.63. The fraction of sp³-hybridized carbons (Fsp3) is 0.778. The Kier molecular flexibility index (Phi) is 5.93. The minimum atomic E-state index is -3.63. The van der Waals surface area contributed by atoms with Crippen molar-refractivity contribution in [1.82, 2.24) is 20.1 Å². The van der Waals surface area contributed by atoms with Crippen LogP contribution in [0.15, 0.2) is 9.42 Å². The summed E-state index contributed by atoms with van der Waals surface area (Å²) in [5.41, 5.74) is 0.525. The summed E-state index contributed by atoms with van der Waals surface area (Å²) in [5.74, 6) is 0.221. The van der Waals surface area contributed by atoms with E-state index in [9.17, 15) is 13.2 Å². The Morgan fingerprint density at radius 2 is 1.93 bits per heavy atom. The average molecular weight is 399 g/mol. The molecule has 0 aromatic carbocycles. The molecule has 2 aliphatic heterocycles. The molecule has 27 heavy (non-hydrogen) atoms. The molecule has 0 atom stereocenters. The van der Waals surface area contributed by atoms with Gasteiger partial charge in [-0.1, -0.05) is 12.1 Å². The summed E-state index contributed by atoms with van der Waals surface area (Å²) in [6.07, 6.45) is 3.18. The fourth-order valence-electron chi connectivity index (χ4n) is 3.98. The molecule has 0 unspecified atom stereocenters. The van der Waals surface area contributed by atoms with Crippen molar-refractivity contribution in [3.8, 4) is 0 Å². The van der Waals surface area contributed by atoms with Gasteiger partial charge in [-0.2, -0.15) is 4.31 Å². The van der Waals surface area contributed by atoms with Crippen molar-refractivity contribution < 1.29 is 17.7 Å². The number of aryl methyl sites for hydroxylation is 2. The maximum Gasteiger partial charge on any atom is 0.248 e. The van der Waals surface area contributed by atoms with E-state index < -0.39 is 10.0 Å². The average Bonchev–Trinajstić information content (AvgIpc) is 2.99. The van der Waals surface area contributed by atoms with Crippen molar-refractivity contribution in [2.24, 2.45) is 11.3 Å². The molecule has 0 bridgehead atoms. The first kappa shape index (κ1) is 20.3. The van der Waals surface area contributed by atoms with Gasteiger partial charge >= 0.3 is 0 Å². The molecule has 1 aromatic heterocycles. The molecule has 2 fully saturated rings. The predicted molar refractivity (Wildman–Crippen MR) is 101 cm³/mol. The number of carbonyl (C=O) groups excluding carboxylic acids is 1. The molecule has 9 heteroatoms. The minimum Gasteiger partial charge on any atom is -0.360 e. The smallest absolute Gasteiger partial charge is 0.248 e. The van der Waals surface area contributed by atoms with Crippen LogP contribution in [-0.2, 0) is 14.8 Å². The van der Waals surface area contributed by atoms with Crippen LogP contribution in [0.25, 0.3) is 0 Å². The summed E-state index contributed by atoms with van der Waals surface area (Å²) in [6, 6.07) is 0. The zero-order valence-electron chi connectivity index (χ0n) is 16.4. The van der Waals surface area contributed by atoms with E-state index in [1.54, 1.807) is 13.8 Å². The largest absolute Gasteiger partial charge is 0.360 e. The number of carbonyl (C=O) groups is 1. The minimum absolute atomic E-state index is 0.0455. The normalized spacial score (nSPS) is 21.9. The lowest BCUT2D eigenvalue weighted by Crippen LogP contribution is -2.47. The number of nitrogens with zero attached hydrogens (tertiary/aromatic N) is 2. The van der Waals surface area contributed by atoms with E-state index >= 15 is 0 Å². The molecule has 0 saturated carbocycles. The van der Waals surface area contributed by atoms with Crippen LogP contribution < -0.4 is 10.6 Å². The second kappa shape index (κ2) is 7.89. The van der Waals surface area contributed by atoms with Gasteiger partial charge in [0.15, 0.2) is 5.76 Å². The lowest BCUT2D eigenvalue weighted by Gasteiger charge is -2.35. The van der Waals surface area contributed by atoms with Crippen LogP contribution in [0.5, 0.6) is 0 Å². The number of rotatable bonds is 5. The SMILES string of the molecule is Cc1noc(C)c1S(=O)(=O)N1CCC(C(=O)NCC2(C)CCNCC2)CC1. The van der Waals surface area contributed by atoms with Gasteiger partial charge in [0.05, 0.1) is 0 Å². The Morgan fingerprint density at radius 1 is 1.30 bits per heavy atom. The maximum absolute atomic E-state index is 12.9. The molecule has 1 amide bonds. The molecule has 3 heterocycles. The number of amides is 1. The number of hydrogen-bond donors (Lipinski definition) is 2. The Morgan fingerprint density at radius 3 is 2.48 bits per heavy atom. The second-order valence-corrected chi connectivity index (χ2v) is 9.98. The summed E-state index contributed by atoms with van der Waals surface area (Å²) in [6.45, 7) is 8.80. The van der Waals surface area contributed by atoms with Gasteiger partial charge in [0.1, 0.15) is 10.6 Å². The van der Waals surface area contributed by atoms with Gasteiger partial charge in [0, 0.05) is 25.6 Å². The van der Waals surface area contributed by atoms with Gasteiger partial charge in [0.2, 0.25) is 15.9 Å². The van der Waals surface area contributed by atoms with Gasteiger partial charge in [0.25, 0.3) is 0 Å². The lowest BCUT2D eigenvalue weighted by atomic mass is 9.81. The molecular weight excluding hydrogens is 368 g/mol. The summed E-state index contributed by atoms with van der Waals surface area (Å²) in [4.78, 5) is 12.7. The maximum atomic E-state index is 12.9. The van der Waals surface area contributed by atoms with Gasteiger partial charge in [-0.15, -0.1) is 0 Å². The number of piperidine rings is 2. The van der Waals surface area contributed by atoms with Gasteiger partial charge < -0.3 is 15.2 Å². The van der Waals surface area contributed by atoms with E-state index in [0.29, 0.717) is 43.9 Å². The number of nitrogens with one attached hydrogen (secondary N) is 2. The van der Waals surface area contributed by atoms with E-state index in [4.69, 9.17) is 4.52 Å². The van der Waals surface area contributed by atoms with Crippen LogP contribution in [0.4, 0.5) is 0 Å². The van der Waals surface area contributed by atoms with Crippen molar-refractivity contribution >= 4 is 15.9 Å². The Balaban J connectivity index is 1.54. The molecule has 2 aliphatic rings. The monoisotopic (exact) mass is 398 g/mol. The number of aromatic nitrogens is 1. The van der Waals surface area contributed by atoms with Crippen molar-refractivity contribution in [2.45, 2.75) is 51.3 Å². The molecule has 0 spiro atoms. The topological polar surface area (TPSA) is 105 Å². The molecular formula is C18H30N4O4S. The van der Waals surface area contributed by atoms with Crippen molar-refractivity contribution in [1.29, 1.82) is 0 Å². The second-order valence-electron chi connectivity index (χ2n) is 8.11. The van der Waals surface area contributed by atoms with Crippen LogP contribution in [0.1, 0.15) is 44.1 Å². The van der Waals surface area contributed by atoms with Crippen molar-refractivity contribution in [3.05, 3.63) is 11.5 Å². The number of sulfonamides is 1. The molecule has 8 nitrogen and oxygen atoms in total. The lowest BCUT2D eigenvalue weighted by molar-refractivity contribution is -0.126. The first-order chi connectivity index (χ1) is 12.7. The summed E-state index contributed by atoms with van der Waals surface area (Å²) < 4.78 is 32.2. The van der Waals surface area contributed by atoms with Crippen LogP contribution in [0.3, 0.4) is 0 Å². The van der Waals surface area contributed by atoms with E-state index in [0.717, 1.165) is 25.9 Å². The zero-order valence-corrected chi connectivity index (χ0v) is 17.2. The van der Waals surface area contributed by atoms with Crippen LogP contribution in [-0.4, -0.2) is 56.5 Å². The molecule has 0 radical (unpaired) electrons. The molecule has 0 aliphatic carbocycles. The van der Waals surface area contributed by atoms with Gasteiger partial charge in [-0.3, -0.25) is 4.79 Å². The summed E-state index contributed by atoms with van der Waals surface area (Å²) >= 11 is 0. The van der Waals surface area contributed by atoms with E-state index in [2.05, 4.69) is 22.7 Å². The van der Waals surface area contributed by atoms with E-state index in [-0.39, 0.29) is 22.1 Å². The highest BCUT2D eigenvalue weighted by Gasteiger charge is 2.36. The third-order valence-corrected chi connectivity index (χ3v) is 8.03. The fourth-order valence-corrected chi connectivity index (χ4v) is 5.74. The molecule has 3 rings (SSSR count). The van der Waals surface area contributed by atoms with Crippen molar-refractivity contribution in [3.63, 3.8) is 0 Å². The zero-order chi connectivity index (χ0) is 19.7. The Bertz CT molecular complexity index is 756. The molecule has 2 saturated heterocycles. The third-order valence-electron chi connectivity index (χ3n) is 5.89. The molecule has 1 aromatic rings. The van der Waals surface area contributed by atoms with Gasteiger partial charge in [-0.25, -0.2) is 8.42 Å². The third kappa shape index (κ3) is 4.35. The Labute approximate surface area is 161 Å². The molecule has 152 valence electrons. The highest BCUT2D eigenvalue weighted by molar-refractivity contribution is 7.89. The first-order valence-electron chi connectivity index (χ1n) is 9.64. The van der Waals surface area contributed by atoms with E-state index in [1.807, 2.05) is 0 Å². The van der Waals surface area contributed by atoms with E-state index in [1.165, 1.54) is 4.31 Å². The standard InChI is InChI=1S/C18H30N4O4S/c1-13-16(14(2)26-21-13)27(24,25)22-10-4-15(5-11-22)17(23)20-12-18(3)6-8-19-9-7-18/h15,19H,4-12H2,1-3H3,(H,20,23). The predicted octanol–water partition coefficient (Wildman–Crippen LogP) is 1.20. The summed E-state index contributed by atoms with van der Waals surface area (Å²) in [5, 5.41) is 10.2.